The van der Waals surface area contributed by atoms with Crippen molar-refractivity contribution in [2.45, 2.75) is 19.4 Å². The van der Waals surface area contributed by atoms with Gasteiger partial charge < -0.3 is 15.1 Å². The molecular formula is C15H17BrN2O2. The molecule has 0 saturated heterocycles. The fraction of sp³-hybridized carbons (Fsp3) is 0.267. The van der Waals surface area contributed by atoms with Crippen LogP contribution in [-0.4, -0.2) is 18.5 Å². The first-order valence-electron chi connectivity index (χ1n) is 6.45. The normalized spacial score (nSPS) is 12.1. The molecule has 1 amide bonds. The third kappa shape index (κ3) is 4.51. The van der Waals surface area contributed by atoms with E-state index in [-0.39, 0.29) is 18.5 Å². The first-order valence-corrected chi connectivity index (χ1v) is 7.24. The minimum Gasteiger partial charge on any atom is -0.469 e. The van der Waals surface area contributed by atoms with Gasteiger partial charge in [-0.05, 0) is 47.1 Å². The molecule has 1 heterocycles. The molecule has 1 aromatic heterocycles. The van der Waals surface area contributed by atoms with E-state index < -0.39 is 0 Å². The Bertz CT molecular complexity index is 555. The average Bonchev–Trinajstić information content (AvgIpc) is 2.92. The van der Waals surface area contributed by atoms with Crippen LogP contribution in [0.1, 0.15) is 12.7 Å². The van der Waals surface area contributed by atoms with Crippen molar-refractivity contribution in [2.24, 2.45) is 0 Å². The van der Waals surface area contributed by atoms with Gasteiger partial charge >= 0.3 is 0 Å². The van der Waals surface area contributed by atoms with Gasteiger partial charge in [0, 0.05) is 16.9 Å². The minimum absolute atomic E-state index is 0.0665. The van der Waals surface area contributed by atoms with E-state index in [9.17, 15) is 4.79 Å². The topological polar surface area (TPSA) is 54.3 Å². The maximum absolute atomic E-state index is 11.9. The maximum Gasteiger partial charge on any atom is 0.238 e. The van der Waals surface area contributed by atoms with Crippen LogP contribution in [0.2, 0.25) is 0 Å². The van der Waals surface area contributed by atoms with Gasteiger partial charge in [0.05, 0.1) is 18.5 Å². The zero-order valence-corrected chi connectivity index (χ0v) is 12.8. The molecule has 2 rings (SSSR count). The number of hydrogen-bond donors (Lipinski definition) is 2. The second-order valence-corrected chi connectivity index (χ2v) is 5.45. The molecule has 4 nitrogen and oxygen atoms in total. The number of amides is 1. The molecule has 0 fully saturated rings. The summed E-state index contributed by atoms with van der Waals surface area (Å²) in [6, 6.07) is 11.5. The highest BCUT2D eigenvalue weighted by Crippen LogP contribution is 2.20. The van der Waals surface area contributed by atoms with E-state index >= 15 is 0 Å². The number of anilines is 1. The van der Waals surface area contributed by atoms with Crippen molar-refractivity contribution in [3.05, 3.63) is 52.9 Å². The lowest BCUT2D eigenvalue weighted by atomic mass is 10.2. The predicted octanol–water partition coefficient (Wildman–Crippen LogP) is 3.20. The van der Waals surface area contributed by atoms with Crippen molar-refractivity contribution in [2.75, 3.05) is 11.9 Å². The second-order valence-electron chi connectivity index (χ2n) is 4.59. The van der Waals surface area contributed by atoms with Crippen LogP contribution in [0.4, 0.5) is 5.69 Å². The second kappa shape index (κ2) is 7.26. The number of furan rings is 1. The van der Waals surface area contributed by atoms with E-state index in [1.807, 2.05) is 43.3 Å². The first kappa shape index (κ1) is 14.8. The fourth-order valence-corrected chi connectivity index (χ4v) is 2.21. The number of hydrogen-bond acceptors (Lipinski definition) is 3. The van der Waals surface area contributed by atoms with Crippen molar-refractivity contribution in [1.82, 2.24) is 5.32 Å². The lowest BCUT2D eigenvalue weighted by molar-refractivity contribution is -0.115. The molecule has 0 radical (unpaired) electrons. The van der Waals surface area contributed by atoms with Gasteiger partial charge in [-0.3, -0.25) is 4.79 Å². The van der Waals surface area contributed by atoms with Gasteiger partial charge in [-0.25, -0.2) is 0 Å². The van der Waals surface area contributed by atoms with E-state index in [0.717, 1.165) is 22.3 Å². The molecular weight excluding hydrogens is 320 g/mol. The Morgan fingerprint density at radius 3 is 2.80 bits per heavy atom. The van der Waals surface area contributed by atoms with Gasteiger partial charge in [-0.2, -0.15) is 0 Å². The molecule has 0 spiro atoms. The number of benzene rings is 1. The van der Waals surface area contributed by atoms with E-state index in [2.05, 4.69) is 26.6 Å². The highest BCUT2D eigenvalue weighted by Gasteiger charge is 2.09. The Morgan fingerprint density at radius 1 is 1.30 bits per heavy atom. The van der Waals surface area contributed by atoms with Gasteiger partial charge in [0.15, 0.2) is 0 Å². The summed E-state index contributed by atoms with van der Waals surface area (Å²) in [6.45, 7) is 2.29. The summed E-state index contributed by atoms with van der Waals surface area (Å²) in [5, 5.41) is 6.03. The molecule has 1 atom stereocenters. The molecule has 0 aliphatic heterocycles. The molecule has 2 aromatic rings. The summed E-state index contributed by atoms with van der Waals surface area (Å²) in [5.74, 6) is 0.847. The summed E-state index contributed by atoms with van der Waals surface area (Å²) < 4.78 is 6.15. The SMILES string of the molecule is CC(Cc1ccco1)NCC(=O)Nc1ccccc1Br. The zero-order valence-electron chi connectivity index (χ0n) is 11.2. The van der Waals surface area contributed by atoms with Crippen LogP contribution in [0.3, 0.4) is 0 Å². The Labute approximate surface area is 126 Å². The summed E-state index contributed by atoms with van der Waals surface area (Å²) >= 11 is 3.40. The summed E-state index contributed by atoms with van der Waals surface area (Å²) in [6.07, 6.45) is 2.41. The number of nitrogens with one attached hydrogen (secondary N) is 2. The molecule has 0 saturated carbocycles. The van der Waals surface area contributed by atoms with Gasteiger partial charge in [0.1, 0.15) is 5.76 Å². The smallest absolute Gasteiger partial charge is 0.238 e. The number of rotatable bonds is 6. The Balaban J connectivity index is 1.76. The summed E-state index contributed by atoms with van der Waals surface area (Å²) in [5.41, 5.74) is 0.776. The lowest BCUT2D eigenvalue weighted by Gasteiger charge is -2.13. The van der Waals surface area contributed by atoms with Crippen LogP contribution in [0, 0.1) is 0 Å². The van der Waals surface area contributed by atoms with Crippen LogP contribution in [0.15, 0.2) is 51.6 Å². The summed E-state index contributed by atoms with van der Waals surface area (Å²) in [4.78, 5) is 11.9. The van der Waals surface area contributed by atoms with E-state index in [1.165, 1.54) is 0 Å². The quantitative estimate of drug-likeness (QED) is 0.851. The molecule has 2 N–H and O–H groups in total. The van der Waals surface area contributed by atoms with Crippen molar-refractivity contribution in [1.29, 1.82) is 0 Å². The molecule has 1 aromatic carbocycles. The average molecular weight is 337 g/mol. The van der Waals surface area contributed by atoms with Gasteiger partial charge in [-0.1, -0.05) is 12.1 Å². The summed E-state index contributed by atoms with van der Waals surface area (Å²) in [7, 11) is 0. The number of para-hydroxylation sites is 1. The third-order valence-corrected chi connectivity index (χ3v) is 3.54. The lowest BCUT2D eigenvalue weighted by Crippen LogP contribution is -2.35. The van der Waals surface area contributed by atoms with Gasteiger partial charge in [-0.15, -0.1) is 0 Å². The number of carbonyl (C=O) groups is 1. The highest BCUT2D eigenvalue weighted by atomic mass is 79.9. The number of carbonyl (C=O) groups excluding carboxylic acids is 1. The third-order valence-electron chi connectivity index (χ3n) is 2.85. The molecule has 0 bridgehead atoms. The standard InChI is InChI=1S/C15H17BrN2O2/c1-11(9-12-5-4-8-20-12)17-10-15(19)18-14-7-3-2-6-13(14)16/h2-8,11,17H,9-10H2,1H3,(H,18,19). The largest absolute Gasteiger partial charge is 0.469 e. The predicted molar refractivity (Wildman–Crippen MR) is 82.6 cm³/mol. The van der Waals surface area contributed by atoms with Crippen LogP contribution >= 0.6 is 15.9 Å². The zero-order chi connectivity index (χ0) is 14.4. The van der Waals surface area contributed by atoms with Crippen LogP contribution in [-0.2, 0) is 11.2 Å². The Kier molecular flexibility index (Phi) is 5.38. The van der Waals surface area contributed by atoms with Crippen molar-refractivity contribution < 1.29 is 9.21 Å². The van der Waals surface area contributed by atoms with Crippen molar-refractivity contribution in [3.8, 4) is 0 Å². The molecule has 0 aliphatic carbocycles. The van der Waals surface area contributed by atoms with Crippen molar-refractivity contribution >= 4 is 27.5 Å². The molecule has 0 aliphatic rings. The molecule has 1 unspecified atom stereocenters. The van der Waals surface area contributed by atoms with Crippen LogP contribution in [0.25, 0.3) is 0 Å². The van der Waals surface area contributed by atoms with Gasteiger partial charge in [0.25, 0.3) is 0 Å². The fourth-order valence-electron chi connectivity index (χ4n) is 1.83. The first-order chi connectivity index (χ1) is 9.65. The highest BCUT2D eigenvalue weighted by molar-refractivity contribution is 9.10. The van der Waals surface area contributed by atoms with E-state index in [4.69, 9.17) is 4.42 Å². The maximum atomic E-state index is 11.9. The van der Waals surface area contributed by atoms with Gasteiger partial charge in [0.2, 0.25) is 5.91 Å². The van der Waals surface area contributed by atoms with Crippen LogP contribution < -0.4 is 10.6 Å². The Hall–Kier alpha value is -1.59. The van der Waals surface area contributed by atoms with E-state index in [0.29, 0.717) is 0 Å². The molecule has 106 valence electrons. The molecule has 5 heteroatoms. The van der Waals surface area contributed by atoms with Crippen molar-refractivity contribution in [3.63, 3.8) is 0 Å². The van der Waals surface area contributed by atoms with E-state index in [1.54, 1.807) is 6.26 Å². The van der Waals surface area contributed by atoms with Crippen LogP contribution in [0.5, 0.6) is 0 Å². The Morgan fingerprint density at radius 2 is 2.10 bits per heavy atom. The number of halogens is 1. The molecule has 20 heavy (non-hydrogen) atoms. The minimum atomic E-state index is -0.0665. The monoisotopic (exact) mass is 336 g/mol.